The van der Waals surface area contributed by atoms with Gasteiger partial charge in [-0.2, -0.15) is 0 Å². The number of carbonyl (C=O) groups is 1. The number of phenols is 1. The van der Waals surface area contributed by atoms with Crippen LogP contribution < -0.4 is 5.32 Å². The van der Waals surface area contributed by atoms with Crippen molar-refractivity contribution in [3.63, 3.8) is 0 Å². The number of benzene rings is 3. The maximum atomic E-state index is 13.4. The molecule has 6 nitrogen and oxygen atoms in total. The van der Waals surface area contributed by atoms with Crippen molar-refractivity contribution in [2.75, 3.05) is 13.2 Å². The largest absolute Gasteiger partial charge is 0.505 e. The van der Waals surface area contributed by atoms with Gasteiger partial charge in [0.1, 0.15) is 18.8 Å². The summed E-state index contributed by atoms with van der Waals surface area (Å²) < 4.78 is 18.8. The number of ether oxygens (including phenoxy) is 1. The number of phenolic OH excluding ortho intramolecular Hbond substituents is 1. The zero-order valence-electron chi connectivity index (χ0n) is 16.5. The quantitative estimate of drug-likeness (QED) is 0.487. The second kappa shape index (κ2) is 8.75. The Morgan fingerprint density at radius 2 is 1.61 bits per heavy atom. The van der Waals surface area contributed by atoms with Gasteiger partial charge in [0, 0.05) is 12.5 Å². The lowest BCUT2D eigenvalue weighted by Gasteiger charge is -2.19. The van der Waals surface area contributed by atoms with E-state index in [-0.39, 0.29) is 24.6 Å². The molecule has 3 aromatic carbocycles. The van der Waals surface area contributed by atoms with Crippen LogP contribution in [0.2, 0.25) is 0 Å². The van der Waals surface area contributed by atoms with Crippen LogP contribution in [0.25, 0.3) is 11.1 Å². The zero-order chi connectivity index (χ0) is 22.0. The fourth-order valence-corrected chi connectivity index (χ4v) is 3.88. The van der Waals surface area contributed by atoms with Crippen molar-refractivity contribution in [1.82, 2.24) is 5.32 Å². The molecule has 1 aliphatic rings. The lowest BCUT2D eigenvalue weighted by Crippen LogP contribution is -2.36. The molecule has 0 bridgehead atoms. The first-order chi connectivity index (χ1) is 15.0. The Morgan fingerprint density at radius 1 is 1.00 bits per heavy atom. The summed E-state index contributed by atoms with van der Waals surface area (Å²) >= 11 is 0. The standard InChI is InChI=1S/C24H22FNO5/c25-20-11-14(9-10-21(20)27)23(29)22(28)12-26-24(30)31-13-19-17-7-3-1-5-15(17)16-6-2-4-8-18(16)19/h1-11,19,22-23,27-29H,12-13H2,(H,26,30). The smallest absolute Gasteiger partial charge is 0.407 e. The maximum absolute atomic E-state index is 13.4. The molecular weight excluding hydrogens is 401 g/mol. The molecule has 2 unspecified atom stereocenters. The lowest BCUT2D eigenvalue weighted by molar-refractivity contribution is 0.0183. The first-order valence-corrected chi connectivity index (χ1v) is 9.89. The molecule has 0 aromatic heterocycles. The molecule has 0 saturated heterocycles. The highest BCUT2D eigenvalue weighted by atomic mass is 19.1. The van der Waals surface area contributed by atoms with E-state index in [9.17, 15) is 24.5 Å². The molecule has 1 aliphatic carbocycles. The third-order valence-electron chi connectivity index (χ3n) is 5.48. The van der Waals surface area contributed by atoms with E-state index in [4.69, 9.17) is 4.74 Å². The molecule has 3 aromatic rings. The summed E-state index contributed by atoms with van der Waals surface area (Å²) in [6, 6.07) is 19.2. The third kappa shape index (κ3) is 4.23. The van der Waals surface area contributed by atoms with E-state index in [1.54, 1.807) is 0 Å². The van der Waals surface area contributed by atoms with E-state index in [2.05, 4.69) is 5.32 Å². The van der Waals surface area contributed by atoms with E-state index < -0.39 is 29.9 Å². The number of aliphatic hydroxyl groups is 2. The van der Waals surface area contributed by atoms with Crippen LogP contribution in [0.4, 0.5) is 9.18 Å². The van der Waals surface area contributed by atoms with Crippen molar-refractivity contribution in [1.29, 1.82) is 0 Å². The summed E-state index contributed by atoms with van der Waals surface area (Å²) in [7, 11) is 0. The van der Waals surface area contributed by atoms with Crippen LogP contribution in [0.15, 0.2) is 66.7 Å². The molecule has 7 heteroatoms. The summed E-state index contributed by atoms with van der Waals surface area (Å²) in [6.07, 6.45) is -3.56. The van der Waals surface area contributed by atoms with Crippen molar-refractivity contribution < 1.29 is 29.2 Å². The Balaban J connectivity index is 1.34. The summed E-state index contributed by atoms with van der Waals surface area (Å²) in [4.78, 5) is 12.2. The van der Waals surface area contributed by atoms with Gasteiger partial charge in [-0.3, -0.25) is 0 Å². The SMILES string of the molecule is O=C(NCC(O)C(O)c1ccc(O)c(F)c1)OCC1c2ccccc2-c2ccccc21. The predicted octanol–water partition coefficient (Wildman–Crippen LogP) is 3.46. The van der Waals surface area contributed by atoms with Gasteiger partial charge < -0.3 is 25.4 Å². The van der Waals surface area contributed by atoms with Crippen molar-refractivity contribution in [3.05, 3.63) is 89.2 Å². The van der Waals surface area contributed by atoms with Gasteiger partial charge in [0.05, 0.1) is 0 Å². The second-order valence-corrected chi connectivity index (χ2v) is 7.43. The summed E-state index contributed by atoms with van der Waals surface area (Å²) in [6.45, 7) is -0.165. The Labute approximate surface area is 178 Å². The van der Waals surface area contributed by atoms with E-state index in [0.29, 0.717) is 0 Å². The van der Waals surface area contributed by atoms with Gasteiger partial charge in [-0.05, 0) is 39.9 Å². The first-order valence-electron chi connectivity index (χ1n) is 9.89. The van der Waals surface area contributed by atoms with Gasteiger partial charge in [0.25, 0.3) is 0 Å². The molecule has 0 radical (unpaired) electrons. The summed E-state index contributed by atoms with van der Waals surface area (Å²) in [5, 5.41) is 31.9. The highest BCUT2D eigenvalue weighted by Crippen LogP contribution is 2.44. The van der Waals surface area contributed by atoms with Crippen molar-refractivity contribution in [3.8, 4) is 16.9 Å². The number of fused-ring (bicyclic) bond motifs is 3. The normalized spacial score (nSPS) is 14.4. The molecule has 0 fully saturated rings. The van der Waals surface area contributed by atoms with Crippen LogP contribution in [-0.2, 0) is 4.74 Å². The van der Waals surface area contributed by atoms with Crippen LogP contribution in [0.3, 0.4) is 0 Å². The second-order valence-electron chi connectivity index (χ2n) is 7.43. The Kier molecular flexibility index (Phi) is 5.88. The minimum absolute atomic E-state index is 0.0807. The van der Waals surface area contributed by atoms with Gasteiger partial charge in [-0.1, -0.05) is 54.6 Å². The molecule has 0 spiro atoms. The Bertz CT molecular complexity index is 1060. The van der Waals surface area contributed by atoms with Gasteiger partial charge in [-0.25, -0.2) is 9.18 Å². The number of hydrogen-bond acceptors (Lipinski definition) is 5. The van der Waals surface area contributed by atoms with E-state index in [1.807, 2.05) is 48.5 Å². The number of rotatable bonds is 6. The number of nitrogens with one attached hydrogen (secondary N) is 1. The highest BCUT2D eigenvalue weighted by Gasteiger charge is 2.29. The van der Waals surface area contributed by atoms with Gasteiger partial charge >= 0.3 is 6.09 Å². The summed E-state index contributed by atoms with van der Waals surface area (Å²) in [5.41, 5.74) is 4.48. The Hall–Kier alpha value is -3.42. The molecule has 2 atom stereocenters. The van der Waals surface area contributed by atoms with Crippen molar-refractivity contribution >= 4 is 6.09 Å². The van der Waals surface area contributed by atoms with Crippen molar-refractivity contribution in [2.24, 2.45) is 0 Å². The molecule has 0 saturated carbocycles. The van der Waals surface area contributed by atoms with Crippen LogP contribution in [0.1, 0.15) is 28.7 Å². The third-order valence-corrected chi connectivity index (χ3v) is 5.48. The maximum Gasteiger partial charge on any atom is 0.407 e. The first kappa shape index (κ1) is 20.8. The van der Waals surface area contributed by atoms with Gasteiger partial charge in [0.2, 0.25) is 0 Å². The number of alkyl carbamates (subject to hydrolysis) is 1. The van der Waals surface area contributed by atoms with Gasteiger partial charge in [0.15, 0.2) is 11.6 Å². The number of halogens is 1. The van der Waals surface area contributed by atoms with Crippen LogP contribution >= 0.6 is 0 Å². The Morgan fingerprint density at radius 3 is 2.23 bits per heavy atom. The molecule has 4 N–H and O–H groups in total. The van der Waals surface area contributed by atoms with Crippen molar-refractivity contribution in [2.45, 2.75) is 18.1 Å². The monoisotopic (exact) mass is 423 g/mol. The molecule has 4 rings (SSSR count). The molecule has 0 aliphatic heterocycles. The fraction of sp³-hybridized carbons (Fsp3) is 0.208. The van der Waals surface area contributed by atoms with Crippen LogP contribution in [0, 0.1) is 5.82 Å². The predicted molar refractivity (Wildman–Crippen MR) is 112 cm³/mol. The average Bonchev–Trinajstić information content (AvgIpc) is 3.11. The van der Waals surface area contributed by atoms with E-state index in [0.717, 1.165) is 34.4 Å². The topological polar surface area (TPSA) is 99.0 Å². The number of aliphatic hydroxyl groups excluding tert-OH is 2. The molecule has 1 amide bonds. The van der Waals surface area contributed by atoms with Crippen LogP contribution in [-0.4, -0.2) is 40.7 Å². The minimum atomic E-state index is -1.44. The highest BCUT2D eigenvalue weighted by molar-refractivity contribution is 5.79. The molecular formula is C24H22FNO5. The average molecular weight is 423 g/mol. The number of carbonyl (C=O) groups excluding carboxylic acids is 1. The summed E-state index contributed by atoms with van der Waals surface area (Å²) in [5.74, 6) is -1.55. The fourth-order valence-electron chi connectivity index (χ4n) is 3.88. The number of hydrogen-bond donors (Lipinski definition) is 4. The molecule has 160 valence electrons. The molecule has 0 heterocycles. The number of aromatic hydroxyl groups is 1. The van der Waals surface area contributed by atoms with Crippen LogP contribution in [0.5, 0.6) is 5.75 Å². The van der Waals surface area contributed by atoms with E-state index in [1.165, 1.54) is 6.07 Å². The zero-order valence-corrected chi connectivity index (χ0v) is 16.5. The minimum Gasteiger partial charge on any atom is -0.505 e. The van der Waals surface area contributed by atoms with E-state index >= 15 is 0 Å². The lowest BCUT2D eigenvalue weighted by atomic mass is 9.98. The van der Waals surface area contributed by atoms with Gasteiger partial charge in [-0.15, -0.1) is 0 Å². The molecule has 31 heavy (non-hydrogen) atoms. The number of amides is 1.